The number of carboxylic acid groups (broad SMARTS) is 1. The highest BCUT2D eigenvalue weighted by molar-refractivity contribution is 7.70. The van der Waals surface area contributed by atoms with Gasteiger partial charge in [0.2, 0.25) is 0 Å². The summed E-state index contributed by atoms with van der Waals surface area (Å²) < 4.78 is 22.1. The molecule has 8 nitrogen and oxygen atoms in total. The van der Waals surface area contributed by atoms with Crippen LogP contribution < -0.4 is 0 Å². The molecule has 0 aliphatic heterocycles. The first-order chi connectivity index (χ1) is 8.51. The van der Waals surface area contributed by atoms with Gasteiger partial charge in [0.1, 0.15) is 0 Å². The Hall–Kier alpha value is -1.01. The average molecular weight is 310 g/mol. The van der Waals surface area contributed by atoms with Crippen LogP contribution in [0.25, 0.3) is 0 Å². The van der Waals surface area contributed by atoms with Crippen LogP contribution in [-0.4, -0.2) is 36.0 Å². The molecule has 0 radical (unpaired) electrons. The van der Waals surface area contributed by atoms with Crippen molar-refractivity contribution in [3.05, 3.63) is 35.4 Å². The minimum atomic E-state index is -4.97. The molecule has 106 valence electrons. The Morgan fingerprint density at radius 1 is 1.00 bits per heavy atom. The van der Waals surface area contributed by atoms with Gasteiger partial charge in [-0.1, -0.05) is 12.1 Å². The van der Waals surface area contributed by atoms with E-state index in [1.165, 1.54) is 24.3 Å². The molecule has 10 heteroatoms. The summed E-state index contributed by atoms with van der Waals surface area (Å²) >= 11 is 0. The zero-order valence-corrected chi connectivity index (χ0v) is 11.2. The van der Waals surface area contributed by atoms with Crippen LogP contribution >= 0.6 is 15.2 Å². The summed E-state index contributed by atoms with van der Waals surface area (Å²) in [7, 11) is -9.95. The quantitative estimate of drug-likeness (QED) is 0.496. The number of hydrogen-bond acceptors (Lipinski definition) is 3. The summed E-state index contributed by atoms with van der Waals surface area (Å²) in [5.74, 6) is -1.17. The highest BCUT2D eigenvalue weighted by atomic mass is 31.2. The first kappa shape index (κ1) is 16.0. The first-order valence-electron chi connectivity index (χ1n) is 4.94. The fourth-order valence-corrected chi connectivity index (χ4v) is 3.89. The van der Waals surface area contributed by atoms with Gasteiger partial charge in [-0.2, -0.15) is 0 Å². The van der Waals surface area contributed by atoms with E-state index < -0.39 is 33.0 Å². The van der Waals surface area contributed by atoms with Crippen molar-refractivity contribution in [1.82, 2.24) is 0 Å². The van der Waals surface area contributed by atoms with Crippen molar-refractivity contribution in [1.29, 1.82) is 0 Å². The van der Waals surface area contributed by atoms with Crippen LogP contribution in [0.5, 0.6) is 0 Å². The van der Waals surface area contributed by atoms with Crippen LogP contribution in [0, 0.1) is 0 Å². The van der Waals surface area contributed by atoms with Gasteiger partial charge in [-0.05, 0) is 24.1 Å². The van der Waals surface area contributed by atoms with Crippen molar-refractivity contribution in [2.24, 2.45) is 0 Å². The maximum Gasteiger partial charge on any atom is 0.341 e. The third kappa shape index (κ3) is 4.54. The molecule has 0 unspecified atom stereocenters. The van der Waals surface area contributed by atoms with Gasteiger partial charge in [-0.25, -0.2) is 4.79 Å². The summed E-state index contributed by atoms with van der Waals surface area (Å²) in [6, 6.07) is 4.88. The maximum atomic E-state index is 11.1. The molecule has 1 rings (SSSR count). The Bertz CT molecular complexity index is 532. The van der Waals surface area contributed by atoms with Crippen molar-refractivity contribution in [2.75, 3.05) is 0 Å². The highest BCUT2D eigenvalue weighted by Crippen LogP contribution is 2.60. The van der Waals surface area contributed by atoms with E-state index in [1.54, 1.807) is 0 Å². The van der Waals surface area contributed by atoms with Gasteiger partial charge in [0, 0.05) is 0 Å². The molecule has 0 bridgehead atoms. The lowest BCUT2D eigenvalue weighted by atomic mass is 10.1. The standard InChI is InChI=1S/C9H12O8P2/c10-9(11)7-3-1-6(2-4-7)5-8(18(12,13)14)19(15,16)17/h1-4,8H,5H2,(H,10,11)(H2,12,13,14)(H2,15,16,17). The molecule has 0 saturated carbocycles. The van der Waals surface area contributed by atoms with E-state index in [0.717, 1.165) is 0 Å². The van der Waals surface area contributed by atoms with Crippen molar-refractivity contribution in [2.45, 2.75) is 11.8 Å². The molecule has 0 saturated heterocycles. The number of carboxylic acids is 1. The molecule has 1 aromatic rings. The van der Waals surface area contributed by atoms with Crippen LogP contribution in [0.15, 0.2) is 24.3 Å². The number of hydrogen-bond donors (Lipinski definition) is 5. The highest BCUT2D eigenvalue weighted by Gasteiger charge is 2.43. The monoisotopic (exact) mass is 310 g/mol. The summed E-state index contributed by atoms with van der Waals surface area (Å²) in [6.45, 7) is 0. The van der Waals surface area contributed by atoms with Crippen LogP contribution in [0.3, 0.4) is 0 Å². The number of aromatic carboxylic acids is 1. The second-order valence-electron chi connectivity index (χ2n) is 3.87. The fourth-order valence-electron chi connectivity index (χ4n) is 1.43. The second kappa shape index (κ2) is 5.54. The molecular formula is C9H12O8P2. The number of carbonyl (C=O) groups is 1. The molecule has 0 aliphatic carbocycles. The Balaban J connectivity index is 3.02. The normalized spacial score (nSPS) is 12.7. The van der Waals surface area contributed by atoms with Crippen LogP contribution in [0.4, 0.5) is 0 Å². The molecular weight excluding hydrogens is 298 g/mol. The Morgan fingerprint density at radius 2 is 1.42 bits per heavy atom. The predicted octanol–water partition coefficient (Wildman–Crippen LogP) is 0.609. The van der Waals surface area contributed by atoms with Crippen molar-refractivity contribution in [3.63, 3.8) is 0 Å². The molecule has 0 aliphatic rings. The van der Waals surface area contributed by atoms with E-state index in [0.29, 0.717) is 0 Å². The average Bonchev–Trinajstić information content (AvgIpc) is 2.23. The molecule has 0 aromatic heterocycles. The second-order valence-corrected chi connectivity index (χ2v) is 7.88. The van der Waals surface area contributed by atoms with Gasteiger partial charge in [0.15, 0.2) is 5.40 Å². The molecule has 0 heterocycles. The van der Waals surface area contributed by atoms with Gasteiger partial charge in [0.25, 0.3) is 0 Å². The summed E-state index contributed by atoms with van der Waals surface area (Å²) in [6.07, 6.45) is -0.547. The number of benzene rings is 1. The summed E-state index contributed by atoms with van der Waals surface area (Å²) in [5, 5.41) is 6.54. The zero-order chi connectivity index (χ0) is 14.8. The third-order valence-corrected chi connectivity index (χ3v) is 6.12. The van der Waals surface area contributed by atoms with Gasteiger partial charge < -0.3 is 24.7 Å². The van der Waals surface area contributed by atoms with E-state index in [1.807, 2.05) is 0 Å². The molecule has 0 fully saturated rings. The summed E-state index contributed by atoms with van der Waals surface area (Å²) in [4.78, 5) is 46.4. The lowest BCUT2D eigenvalue weighted by Crippen LogP contribution is -2.12. The van der Waals surface area contributed by atoms with E-state index >= 15 is 0 Å². The molecule has 0 spiro atoms. The van der Waals surface area contributed by atoms with E-state index in [-0.39, 0.29) is 11.1 Å². The molecule has 1 aromatic carbocycles. The topological polar surface area (TPSA) is 152 Å². The van der Waals surface area contributed by atoms with Crippen LogP contribution in [-0.2, 0) is 15.6 Å². The third-order valence-electron chi connectivity index (χ3n) is 2.40. The molecule has 0 atom stereocenters. The molecule has 19 heavy (non-hydrogen) atoms. The molecule has 5 N–H and O–H groups in total. The Morgan fingerprint density at radius 3 is 1.74 bits per heavy atom. The fraction of sp³-hybridized carbons (Fsp3) is 0.222. The predicted molar refractivity (Wildman–Crippen MR) is 65.0 cm³/mol. The zero-order valence-electron chi connectivity index (χ0n) is 9.45. The van der Waals surface area contributed by atoms with Crippen molar-refractivity contribution >= 4 is 21.2 Å². The Labute approximate surface area is 108 Å². The van der Waals surface area contributed by atoms with Gasteiger partial charge in [-0.15, -0.1) is 0 Å². The maximum absolute atomic E-state index is 11.1. The van der Waals surface area contributed by atoms with Crippen LogP contribution in [0.2, 0.25) is 0 Å². The minimum Gasteiger partial charge on any atom is -0.478 e. The van der Waals surface area contributed by atoms with E-state index in [2.05, 4.69) is 0 Å². The lowest BCUT2D eigenvalue weighted by Gasteiger charge is -2.19. The smallest absolute Gasteiger partial charge is 0.341 e. The van der Waals surface area contributed by atoms with E-state index in [4.69, 9.17) is 24.7 Å². The van der Waals surface area contributed by atoms with Gasteiger partial charge in [-0.3, -0.25) is 9.13 Å². The first-order valence-corrected chi connectivity index (χ1v) is 8.31. The van der Waals surface area contributed by atoms with Gasteiger partial charge in [0.05, 0.1) is 5.56 Å². The Kier molecular flexibility index (Phi) is 4.68. The summed E-state index contributed by atoms with van der Waals surface area (Å²) in [5.41, 5.74) is 0.189. The van der Waals surface area contributed by atoms with E-state index in [9.17, 15) is 13.9 Å². The SMILES string of the molecule is O=C(O)c1ccc(CC(P(=O)(O)O)P(=O)(O)O)cc1. The van der Waals surface area contributed by atoms with Crippen molar-refractivity contribution in [3.8, 4) is 0 Å². The van der Waals surface area contributed by atoms with Gasteiger partial charge >= 0.3 is 21.2 Å². The largest absolute Gasteiger partial charge is 0.478 e. The van der Waals surface area contributed by atoms with Crippen molar-refractivity contribution < 1.29 is 38.6 Å². The minimum absolute atomic E-state index is 0.0346. The molecule has 0 amide bonds. The van der Waals surface area contributed by atoms with Crippen LogP contribution in [0.1, 0.15) is 15.9 Å². The lowest BCUT2D eigenvalue weighted by molar-refractivity contribution is 0.0696. The number of rotatable bonds is 5.